The minimum atomic E-state index is -0.711. The molecule has 0 amide bonds. The first-order valence-electron chi connectivity index (χ1n) is 6.15. The van der Waals surface area contributed by atoms with Crippen LogP contribution in [0.5, 0.6) is 5.75 Å². The van der Waals surface area contributed by atoms with Gasteiger partial charge in [0.1, 0.15) is 15.0 Å². The molecule has 0 atom stereocenters. The molecule has 1 heterocycles. The molecule has 0 aliphatic carbocycles. The minimum absolute atomic E-state index is 0.0273. The number of pyridine rings is 1. The number of rotatable bonds is 4. The third-order valence-electron chi connectivity index (χ3n) is 3.16. The average Bonchev–Trinajstić information content (AvgIpc) is 2.52. The Kier molecular flexibility index (Phi) is 5.00. The summed E-state index contributed by atoms with van der Waals surface area (Å²) in [6.07, 6.45) is 0.819. The van der Waals surface area contributed by atoms with Gasteiger partial charge in [-0.25, -0.2) is 9.37 Å². The van der Waals surface area contributed by atoms with Crippen LogP contribution in [-0.4, -0.2) is 24.1 Å². The average molecular weight is 446 g/mol. The number of hydrogen-bond acceptors (Lipinski definition) is 6. The van der Waals surface area contributed by atoms with E-state index >= 15 is 0 Å². The lowest BCUT2D eigenvalue weighted by Gasteiger charge is -2.15. The van der Waals surface area contributed by atoms with E-state index in [9.17, 15) is 9.18 Å². The van der Waals surface area contributed by atoms with Gasteiger partial charge in [-0.05, 0) is 44.0 Å². The Labute approximate surface area is 147 Å². The molecule has 0 unspecified atom stereocenters. The molecular formula is C14H11Br2FN4O2. The first-order valence-corrected chi connectivity index (χ1v) is 7.73. The monoisotopic (exact) mass is 444 g/mol. The fourth-order valence-electron chi connectivity index (χ4n) is 2.04. The van der Waals surface area contributed by atoms with Crippen molar-refractivity contribution in [3.05, 3.63) is 43.8 Å². The van der Waals surface area contributed by atoms with Crippen LogP contribution in [0.1, 0.15) is 21.5 Å². The van der Waals surface area contributed by atoms with Crippen molar-refractivity contribution in [3.8, 4) is 5.75 Å². The maximum absolute atomic E-state index is 13.6. The van der Waals surface area contributed by atoms with Crippen LogP contribution >= 0.6 is 31.9 Å². The second-order valence-corrected chi connectivity index (χ2v) is 5.91. The lowest BCUT2D eigenvalue weighted by molar-refractivity contribution is 0.103. The highest BCUT2D eigenvalue weighted by molar-refractivity contribution is 9.11. The summed E-state index contributed by atoms with van der Waals surface area (Å²) in [6.45, 7) is 0. The molecule has 0 saturated carbocycles. The fraction of sp³-hybridized carbons (Fsp3) is 0.0714. The first kappa shape index (κ1) is 17.4. The predicted molar refractivity (Wildman–Crippen MR) is 92.7 cm³/mol. The molecule has 0 fully saturated rings. The Hall–Kier alpha value is -2.00. The zero-order valence-corrected chi connectivity index (χ0v) is 15.0. The molecular weight excluding hydrogens is 435 g/mol. The van der Waals surface area contributed by atoms with Crippen molar-refractivity contribution in [1.29, 1.82) is 5.41 Å². The van der Waals surface area contributed by atoms with Crippen LogP contribution in [0.3, 0.4) is 0 Å². The minimum Gasteiger partial charge on any atom is -0.493 e. The topological polar surface area (TPSA) is 115 Å². The Balaban J connectivity index is 2.77. The molecule has 0 radical (unpaired) electrons. The molecule has 0 bridgehead atoms. The highest BCUT2D eigenvalue weighted by Gasteiger charge is 2.26. The van der Waals surface area contributed by atoms with E-state index in [1.165, 1.54) is 13.2 Å². The van der Waals surface area contributed by atoms with Gasteiger partial charge in [-0.2, -0.15) is 0 Å². The van der Waals surface area contributed by atoms with Crippen LogP contribution in [0.4, 0.5) is 15.8 Å². The molecule has 9 heteroatoms. The van der Waals surface area contributed by atoms with Crippen molar-refractivity contribution < 1.29 is 13.9 Å². The summed E-state index contributed by atoms with van der Waals surface area (Å²) in [5.74, 6) is -1.14. The normalized spacial score (nSPS) is 10.4. The van der Waals surface area contributed by atoms with Crippen LogP contribution in [-0.2, 0) is 0 Å². The van der Waals surface area contributed by atoms with Gasteiger partial charge in [0.05, 0.1) is 24.0 Å². The number of nitrogen functional groups attached to an aromatic ring is 2. The van der Waals surface area contributed by atoms with Crippen molar-refractivity contribution in [1.82, 2.24) is 4.98 Å². The summed E-state index contributed by atoms with van der Waals surface area (Å²) in [7, 11) is 1.36. The van der Waals surface area contributed by atoms with Crippen LogP contribution in [0.25, 0.3) is 0 Å². The summed E-state index contributed by atoms with van der Waals surface area (Å²) in [6, 6.07) is 2.30. The number of aromatic nitrogens is 1. The maximum atomic E-state index is 13.6. The van der Waals surface area contributed by atoms with Crippen molar-refractivity contribution in [3.63, 3.8) is 0 Å². The number of ether oxygens (including phenoxy) is 1. The molecule has 2 rings (SSSR count). The van der Waals surface area contributed by atoms with Gasteiger partial charge in [-0.3, -0.25) is 4.79 Å². The lowest BCUT2D eigenvalue weighted by Crippen LogP contribution is -2.13. The van der Waals surface area contributed by atoms with Crippen molar-refractivity contribution >= 4 is 55.2 Å². The van der Waals surface area contributed by atoms with E-state index in [1.54, 1.807) is 0 Å². The van der Waals surface area contributed by atoms with Gasteiger partial charge in [0.15, 0.2) is 11.5 Å². The number of anilines is 2. The van der Waals surface area contributed by atoms with Crippen molar-refractivity contribution in [2.45, 2.75) is 0 Å². The Morgan fingerprint density at radius 1 is 1.30 bits per heavy atom. The number of nitrogens with one attached hydrogen (secondary N) is 1. The Bertz CT molecular complexity index is 827. The van der Waals surface area contributed by atoms with Crippen molar-refractivity contribution in [2.24, 2.45) is 0 Å². The Morgan fingerprint density at radius 2 is 1.96 bits per heavy atom. The first-order chi connectivity index (χ1) is 10.8. The second kappa shape index (κ2) is 6.63. The SMILES string of the molecule is COc1c(Br)nc(Br)c(N)c1C(=O)c1ccc(F)c(N)c1C=N. The fourth-order valence-corrected chi connectivity index (χ4v) is 3.19. The van der Waals surface area contributed by atoms with Gasteiger partial charge in [-0.15, -0.1) is 0 Å². The summed E-state index contributed by atoms with van der Waals surface area (Å²) in [4.78, 5) is 16.9. The van der Waals surface area contributed by atoms with Crippen LogP contribution < -0.4 is 16.2 Å². The van der Waals surface area contributed by atoms with Crippen LogP contribution in [0.2, 0.25) is 0 Å². The van der Waals surface area contributed by atoms with E-state index in [4.69, 9.17) is 21.6 Å². The molecule has 0 aliphatic heterocycles. The number of benzene rings is 1. The molecule has 0 aliphatic rings. The van der Waals surface area contributed by atoms with E-state index in [-0.39, 0.29) is 43.0 Å². The van der Waals surface area contributed by atoms with Crippen LogP contribution in [0.15, 0.2) is 21.3 Å². The number of carbonyl (C=O) groups excluding carboxylic acids is 1. The van der Waals surface area contributed by atoms with E-state index in [1.807, 2.05) is 0 Å². The van der Waals surface area contributed by atoms with E-state index in [0.29, 0.717) is 0 Å². The smallest absolute Gasteiger partial charge is 0.199 e. The summed E-state index contributed by atoms with van der Waals surface area (Å²) < 4.78 is 19.3. The molecule has 6 nitrogen and oxygen atoms in total. The van der Waals surface area contributed by atoms with Gasteiger partial charge in [0.25, 0.3) is 0 Å². The molecule has 5 N–H and O–H groups in total. The second-order valence-electron chi connectivity index (χ2n) is 4.41. The molecule has 0 spiro atoms. The number of ketones is 1. The molecule has 1 aromatic carbocycles. The zero-order valence-electron chi connectivity index (χ0n) is 11.8. The highest BCUT2D eigenvalue weighted by Crippen LogP contribution is 2.37. The number of nitrogens with two attached hydrogens (primary N) is 2. The number of halogens is 3. The largest absolute Gasteiger partial charge is 0.493 e. The zero-order chi connectivity index (χ0) is 17.3. The Morgan fingerprint density at radius 3 is 2.52 bits per heavy atom. The molecule has 120 valence electrons. The highest BCUT2D eigenvalue weighted by atomic mass is 79.9. The number of methoxy groups -OCH3 is 1. The summed E-state index contributed by atoms with van der Waals surface area (Å²) >= 11 is 6.35. The van der Waals surface area contributed by atoms with Crippen molar-refractivity contribution in [2.75, 3.05) is 18.6 Å². The number of hydrogen-bond donors (Lipinski definition) is 3. The number of carbonyl (C=O) groups is 1. The van der Waals surface area contributed by atoms with E-state index in [2.05, 4.69) is 36.8 Å². The number of nitrogens with zero attached hydrogens (tertiary/aromatic N) is 1. The van der Waals surface area contributed by atoms with E-state index < -0.39 is 11.6 Å². The van der Waals surface area contributed by atoms with Gasteiger partial charge in [0.2, 0.25) is 0 Å². The third kappa shape index (κ3) is 2.93. The molecule has 1 aromatic heterocycles. The standard InChI is InChI=1S/C14H11Br2FN4O2/c1-23-12-8(10(20)13(15)21-14(12)16)11(22)5-2-3-7(17)9(19)6(5)4-18/h2-4,18H,19-20H2,1H3. The van der Waals surface area contributed by atoms with E-state index in [0.717, 1.165) is 12.3 Å². The summed E-state index contributed by atoms with van der Waals surface area (Å²) in [5.41, 5.74) is 11.4. The van der Waals surface area contributed by atoms with Gasteiger partial charge in [0, 0.05) is 17.3 Å². The molecule has 0 saturated heterocycles. The molecule has 2 aromatic rings. The predicted octanol–water partition coefficient (Wildman–Crippen LogP) is 3.15. The summed E-state index contributed by atoms with van der Waals surface area (Å²) in [5, 5.41) is 7.40. The maximum Gasteiger partial charge on any atom is 0.199 e. The van der Waals surface area contributed by atoms with Gasteiger partial charge >= 0.3 is 0 Å². The van der Waals surface area contributed by atoms with Gasteiger partial charge < -0.3 is 21.6 Å². The third-order valence-corrected chi connectivity index (χ3v) is 4.30. The quantitative estimate of drug-likeness (QED) is 0.289. The molecule has 23 heavy (non-hydrogen) atoms. The lowest BCUT2D eigenvalue weighted by atomic mass is 9.96. The van der Waals surface area contributed by atoms with Crippen LogP contribution in [0, 0.1) is 11.2 Å². The van der Waals surface area contributed by atoms with Gasteiger partial charge in [-0.1, -0.05) is 0 Å².